The van der Waals surface area contributed by atoms with Crippen LogP contribution in [0, 0.1) is 5.41 Å². The van der Waals surface area contributed by atoms with E-state index in [9.17, 15) is 9.59 Å². The van der Waals surface area contributed by atoms with Gasteiger partial charge >= 0.3 is 6.03 Å². The van der Waals surface area contributed by atoms with Gasteiger partial charge in [-0.2, -0.15) is 0 Å². The number of hydrogen-bond acceptors (Lipinski definition) is 3. The van der Waals surface area contributed by atoms with E-state index in [1.54, 1.807) is 0 Å². The van der Waals surface area contributed by atoms with E-state index < -0.39 is 0 Å². The van der Waals surface area contributed by atoms with E-state index in [-0.39, 0.29) is 23.0 Å². The zero-order chi connectivity index (χ0) is 23.2. The Labute approximate surface area is 201 Å². The molecule has 34 heavy (non-hydrogen) atoms. The number of benzene rings is 1. The fraction of sp³-hybridized carbons (Fsp3) is 0.607. The number of hydrogen-bond donors (Lipinski definition) is 2. The summed E-state index contributed by atoms with van der Waals surface area (Å²) in [4.78, 5) is 31.1. The van der Waals surface area contributed by atoms with Crippen LogP contribution in [0.15, 0.2) is 36.8 Å². The summed E-state index contributed by atoms with van der Waals surface area (Å²) in [5.74, 6) is 0.399. The Balaban J connectivity index is 1.13. The van der Waals surface area contributed by atoms with Crippen molar-refractivity contribution in [2.45, 2.75) is 101 Å². The van der Waals surface area contributed by atoms with Crippen LogP contribution in [-0.4, -0.2) is 32.9 Å². The SMILES string of the molecule is O=C(NC1CCCCC1)NC12CCCC(C(=O)CC3c4ccccc4-c4cncn43)(CC1)CC2. The molecule has 4 fully saturated rings. The normalized spacial score (nSPS) is 30.3. The maximum Gasteiger partial charge on any atom is 0.315 e. The van der Waals surface area contributed by atoms with Gasteiger partial charge in [0, 0.05) is 29.0 Å². The molecule has 2 amide bonds. The average Bonchev–Trinajstić information content (AvgIpc) is 3.32. The first-order valence-electron chi connectivity index (χ1n) is 13.3. The molecule has 1 unspecified atom stereocenters. The number of fused-ring (bicyclic) bond motifs is 7. The van der Waals surface area contributed by atoms with Crippen molar-refractivity contribution in [1.29, 1.82) is 0 Å². The second-order valence-electron chi connectivity index (χ2n) is 11.3. The van der Waals surface area contributed by atoms with Gasteiger partial charge in [-0.15, -0.1) is 0 Å². The second kappa shape index (κ2) is 8.54. The number of nitrogens with zero attached hydrogens (tertiary/aromatic N) is 2. The van der Waals surface area contributed by atoms with Crippen LogP contribution in [0.1, 0.15) is 95.1 Å². The number of Topliss-reactive ketones (excluding diaryl/α,β-unsaturated/α-hetero) is 1. The number of amides is 2. The van der Waals surface area contributed by atoms with E-state index in [1.165, 1.54) is 30.4 Å². The minimum atomic E-state index is -0.236. The van der Waals surface area contributed by atoms with E-state index in [0.717, 1.165) is 63.5 Å². The van der Waals surface area contributed by atoms with Crippen molar-refractivity contribution in [2.75, 3.05) is 0 Å². The molecular formula is C28H36N4O2. The molecule has 1 aromatic carbocycles. The predicted octanol–water partition coefficient (Wildman–Crippen LogP) is 5.53. The van der Waals surface area contributed by atoms with Crippen LogP contribution in [0.3, 0.4) is 0 Å². The molecule has 5 aliphatic rings. The molecule has 4 aliphatic carbocycles. The van der Waals surface area contributed by atoms with Gasteiger partial charge in [0.15, 0.2) is 0 Å². The summed E-state index contributed by atoms with van der Waals surface area (Å²) in [6.07, 6.45) is 16.8. The highest BCUT2D eigenvalue weighted by molar-refractivity contribution is 5.87. The minimum absolute atomic E-state index is 0.00262. The highest BCUT2D eigenvalue weighted by Crippen LogP contribution is 2.52. The summed E-state index contributed by atoms with van der Waals surface area (Å²) in [5.41, 5.74) is 3.18. The number of imidazole rings is 1. The molecule has 180 valence electrons. The third kappa shape index (κ3) is 3.75. The number of ketones is 1. The molecule has 0 saturated heterocycles. The van der Waals surface area contributed by atoms with Crippen molar-refractivity contribution in [3.05, 3.63) is 42.4 Å². The fourth-order valence-electron chi connectivity index (χ4n) is 7.32. The molecule has 2 aromatic rings. The lowest BCUT2D eigenvalue weighted by Gasteiger charge is -2.43. The maximum atomic E-state index is 13.9. The number of carbonyl (C=O) groups is 2. The Morgan fingerprint density at radius 1 is 0.971 bits per heavy atom. The first-order valence-corrected chi connectivity index (χ1v) is 13.3. The molecule has 1 atom stereocenters. The van der Waals surface area contributed by atoms with E-state index in [0.29, 0.717) is 18.2 Å². The Morgan fingerprint density at radius 2 is 1.76 bits per heavy atom. The maximum absolute atomic E-state index is 13.9. The number of rotatable bonds is 5. The molecule has 6 nitrogen and oxygen atoms in total. The molecule has 1 aliphatic heterocycles. The van der Waals surface area contributed by atoms with Crippen LogP contribution in [0.4, 0.5) is 4.79 Å². The molecule has 6 heteroatoms. The van der Waals surface area contributed by atoms with E-state index >= 15 is 0 Å². The predicted molar refractivity (Wildman–Crippen MR) is 131 cm³/mol. The summed E-state index contributed by atoms with van der Waals surface area (Å²) >= 11 is 0. The molecule has 2 N–H and O–H groups in total. The third-order valence-electron chi connectivity index (χ3n) is 9.36. The largest absolute Gasteiger partial charge is 0.335 e. The molecule has 2 heterocycles. The van der Waals surface area contributed by atoms with Gasteiger partial charge in [0.25, 0.3) is 0 Å². The van der Waals surface area contributed by atoms with Crippen molar-refractivity contribution >= 4 is 11.8 Å². The Hall–Kier alpha value is -2.63. The van der Waals surface area contributed by atoms with E-state index in [1.807, 2.05) is 12.5 Å². The highest BCUT2D eigenvalue weighted by atomic mass is 16.2. The lowest BCUT2D eigenvalue weighted by atomic mass is 9.65. The molecular weight excluding hydrogens is 424 g/mol. The standard InChI is InChI=1S/C28H36N4O2/c33-25(17-23-21-9-4-5-10-22(21)24-18-29-19-32(23)24)27-11-6-12-28(15-13-27,16-14-27)31-26(34)30-20-7-2-1-3-8-20/h4-5,9-10,18-20,23H,1-3,6-8,11-17H2,(H2,30,31,34). The van der Waals surface area contributed by atoms with Gasteiger partial charge in [0.1, 0.15) is 5.78 Å². The minimum Gasteiger partial charge on any atom is -0.335 e. The molecule has 0 radical (unpaired) electrons. The Kier molecular flexibility index (Phi) is 5.50. The summed E-state index contributed by atoms with van der Waals surface area (Å²) in [5, 5.41) is 6.62. The lowest BCUT2D eigenvalue weighted by molar-refractivity contribution is -0.131. The van der Waals surface area contributed by atoms with Gasteiger partial charge in [-0.25, -0.2) is 9.78 Å². The quantitative estimate of drug-likeness (QED) is 0.616. The van der Waals surface area contributed by atoms with Gasteiger partial charge in [0.05, 0.1) is 24.3 Å². The molecule has 4 saturated carbocycles. The lowest BCUT2D eigenvalue weighted by Crippen LogP contribution is -2.56. The zero-order valence-corrected chi connectivity index (χ0v) is 20.0. The van der Waals surface area contributed by atoms with Crippen molar-refractivity contribution in [3.8, 4) is 11.3 Å². The summed E-state index contributed by atoms with van der Waals surface area (Å²) in [7, 11) is 0. The van der Waals surface area contributed by atoms with Crippen molar-refractivity contribution in [1.82, 2.24) is 20.2 Å². The summed E-state index contributed by atoms with van der Waals surface area (Å²) < 4.78 is 2.18. The topological polar surface area (TPSA) is 76.0 Å². The Morgan fingerprint density at radius 3 is 2.59 bits per heavy atom. The summed E-state index contributed by atoms with van der Waals surface area (Å²) in [6, 6.07) is 8.79. The molecule has 2 bridgehead atoms. The van der Waals surface area contributed by atoms with Gasteiger partial charge in [-0.1, -0.05) is 49.9 Å². The third-order valence-corrected chi connectivity index (χ3v) is 9.36. The number of urea groups is 1. The average molecular weight is 461 g/mol. The number of aromatic nitrogens is 2. The van der Waals surface area contributed by atoms with Crippen LogP contribution in [-0.2, 0) is 4.79 Å². The van der Waals surface area contributed by atoms with Crippen LogP contribution >= 0.6 is 0 Å². The second-order valence-corrected chi connectivity index (χ2v) is 11.3. The van der Waals surface area contributed by atoms with E-state index in [2.05, 4.69) is 44.5 Å². The molecule has 1 aromatic heterocycles. The van der Waals surface area contributed by atoms with Crippen molar-refractivity contribution < 1.29 is 9.59 Å². The van der Waals surface area contributed by atoms with Gasteiger partial charge in [0.2, 0.25) is 0 Å². The van der Waals surface area contributed by atoms with E-state index in [4.69, 9.17) is 0 Å². The van der Waals surface area contributed by atoms with Crippen LogP contribution in [0.2, 0.25) is 0 Å². The zero-order valence-electron chi connectivity index (χ0n) is 20.0. The van der Waals surface area contributed by atoms with Gasteiger partial charge in [-0.3, -0.25) is 4.79 Å². The van der Waals surface area contributed by atoms with Crippen molar-refractivity contribution in [2.24, 2.45) is 5.41 Å². The van der Waals surface area contributed by atoms with Crippen molar-refractivity contribution in [3.63, 3.8) is 0 Å². The molecule has 7 rings (SSSR count). The first kappa shape index (κ1) is 21.9. The monoisotopic (exact) mass is 460 g/mol. The van der Waals surface area contributed by atoms with Gasteiger partial charge in [-0.05, 0) is 56.9 Å². The van der Waals surface area contributed by atoms with Gasteiger partial charge < -0.3 is 15.2 Å². The van der Waals surface area contributed by atoms with Crippen LogP contribution in [0.25, 0.3) is 11.3 Å². The number of nitrogens with one attached hydrogen (secondary N) is 2. The molecule has 0 spiro atoms. The number of carbonyl (C=O) groups excluding carboxylic acids is 2. The fourth-order valence-corrected chi connectivity index (χ4v) is 7.32. The Bertz CT molecular complexity index is 1080. The van der Waals surface area contributed by atoms with Crippen LogP contribution in [0.5, 0.6) is 0 Å². The smallest absolute Gasteiger partial charge is 0.315 e. The van der Waals surface area contributed by atoms with Crippen LogP contribution < -0.4 is 10.6 Å². The summed E-state index contributed by atoms with van der Waals surface area (Å²) in [6.45, 7) is 0. The highest BCUT2D eigenvalue weighted by Gasteiger charge is 2.50. The first-order chi connectivity index (χ1) is 16.6.